The summed E-state index contributed by atoms with van der Waals surface area (Å²) in [7, 11) is 0. The van der Waals surface area contributed by atoms with Gasteiger partial charge in [0.05, 0.1) is 0 Å². The minimum absolute atomic E-state index is 0.869. The molecular weight excluding hydrogens is 609 g/mol. The van der Waals surface area contributed by atoms with Crippen molar-refractivity contribution in [2.75, 3.05) is 0 Å². The fourth-order valence-corrected chi connectivity index (χ4v) is 8.29. The summed E-state index contributed by atoms with van der Waals surface area (Å²) < 4.78 is 13.4. The lowest BCUT2D eigenvalue weighted by atomic mass is 9.85. The van der Waals surface area contributed by atoms with Crippen LogP contribution in [0.25, 0.3) is 110 Å². The zero-order valence-electron chi connectivity index (χ0n) is 27.0. The maximum atomic E-state index is 6.89. The first-order valence-corrected chi connectivity index (χ1v) is 17.1. The average molecular weight is 637 g/mol. The van der Waals surface area contributed by atoms with E-state index >= 15 is 0 Å². The lowest BCUT2D eigenvalue weighted by molar-refractivity contribution is 0.668. The SMILES string of the molecule is c1ccc(-c2cccc(-c3c4ccccc4c(-c4ccc5c(c4)oc4c6ccccc6c6oc7ccccc7c6c54)c4ccccc34)c2)cc1. The van der Waals surface area contributed by atoms with Gasteiger partial charge in [-0.25, -0.2) is 0 Å². The van der Waals surface area contributed by atoms with E-state index in [-0.39, 0.29) is 0 Å². The first-order chi connectivity index (χ1) is 24.8. The minimum atomic E-state index is 0.869. The van der Waals surface area contributed by atoms with Crippen molar-refractivity contribution in [1.82, 2.24) is 0 Å². The van der Waals surface area contributed by atoms with Gasteiger partial charge in [0, 0.05) is 32.3 Å². The van der Waals surface area contributed by atoms with E-state index < -0.39 is 0 Å². The van der Waals surface area contributed by atoms with E-state index in [1.807, 2.05) is 12.1 Å². The van der Waals surface area contributed by atoms with Crippen LogP contribution in [-0.2, 0) is 0 Å². The van der Waals surface area contributed by atoms with E-state index in [1.54, 1.807) is 0 Å². The molecule has 2 heteroatoms. The van der Waals surface area contributed by atoms with E-state index in [0.717, 1.165) is 60.2 Å². The second-order valence-corrected chi connectivity index (χ2v) is 13.2. The summed E-state index contributed by atoms with van der Waals surface area (Å²) >= 11 is 0. The van der Waals surface area contributed by atoms with Crippen molar-refractivity contribution in [3.8, 4) is 33.4 Å². The first kappa shape index (κ1) is 27.3. The Bertz CT molecular complexity index is 3080. The van der Waals surface area contributed by atoms with Crippen LogP contribution in [0.2, 0.25) is 0 Å². The van der Waals surface area contributed by atoms with Gasteiger partial charge in [0.1, 0.15) is 22.3 Å². The molecule has 0 amide bonds. The summed E-state index contributed by atoms with van der Waals surface area (Å²) in [6.45, 7) is 0. The molecule has 0 aliphatic carbocycles. The molecule has 2 nitrogen and oxygen atoms in total. The quantitative estimate of drug-likeness (QED) is 0.180. The highest BCUT2D eigenvalue weighted by molar-refractivity contribution is 6.34. The fourth-order valence-electron chi connectivity index (χ4n) is 8.29. The van der Waals surface area contributed by atoms with Crippen molar-refractivity contribution in [3.05, 3.63) is 170 Å². The van der Waals surface area contributed by atoms with E-state index in [0.29, 0.717) is 0 Å². The van der Waals surface area contributed by atoms with Gasteiger partial charge in [-0.3, -0.25) is 0 Å². The smallest absolute Gasteiger partial charge is 0.144 e. The Kier molecular flexibility index (Phi) is 5.70. The third kappa shape index (κ3) is 3.85. The Labute approximate surface area is 287 Å². The van der Waals surface area contributed by atoms with Crippen LogP contribution in [0.5, 0.6) is 0 Å². The third-order valence-corrected chi connectivity index (χ3v) is 10.4. The van der Waals surface area contributed by atoms with Crippen LogP contribution in [0.1, 0.15) is 0 Å². The number of hydrogen-bond acceptors (Lipinski definition) is 2. The molecule has 0 unspecified atom stereocenters. The highest BCUT2D eigenvalue weighted by Crippen LogP contribution is 2.48. The second kappa shape index (κ2) is 10.4. The summed E-state index contributed by atoms with van der Waals surface area (Å²) in [6.07, 6.45) is 0. The van der Waals surface area contributed by atoms with Crippen molar-refractivity contribution < 1.29 is 8.83 Å². The van der Waals surface area contributed by atoms with Crippen molar-refractivity contribution in [2.24, 2.45) is 0 Å². The Hall–Kier alpha value is -6.64. The normalized spacial score (nSPS) is 12.0. The van der Waals surface area contributed by atoms with Crippen LogP contribution in [0, 0.1) is 0 Å². The topological polar surface area (TPSA) is 26.3 Å². The summed E-state index contributed by atoms with van der Waals surface area (Å²) in [6, 6.07) is 60.7. The molecule has 0 radical (unpaired) electrons. The largest absolute Gasteiger partial charge is 0.455 e. The molecule has 0 N–H and O–H groups in total. The number of fused-ring (bicyclic) bond motifs is 12. The number of benzene rings is 9. The van der Waals surface area contributed by atoms with Crippen molar-refractivity contribution in [2.45, 2.75) is 0 Å². The van der Waals surface area contributed by atoms with Crippen LogP contribution in [0.4, 0.5) is 0 Å². The maximum absolute atomic E-state index is 6.89. The van der Waals surface area contributed by atoms with Gasteiger partial charge in [0.2, 0.25) is 0 Å². The molecule has 0 aliphatic rings. The first-order valence-electron chi connectivity index (χ1n) is 17.1. The van der Waals surface area contributed by atoms with Crippen molar-refractivity contribution in [3.63, 3.8) is 0 Å². The number of hydrogen-bond donors (Lipinski definition) is 0. The lowest BCUT2D eigenvalue weighted by Crippen LogP contribution is -1.91. The summed E-state index contributed by atoms with van der Waals surface area (Å²) in [5.41, 5.74) is 10.8. The molecule has 0 saturated carbocycles. The third-order valence-electron chi connectivity index (χ3n) is 10.4. The Morgan fingerprint density at radius 2 is 0.700 bits per heavy atom. The van der Waals surface area contributed by atoms with Crippen LogP contribution in [0.3, 0.4) is 0 Å². The highest BCUT2D eigenvalue weighted by Gasteiger charge is 2.22. The van der Waals surface area contributed by atoms with E-state index in [4.69, 9.17) is 8.83 Å². The number of furan rings is 2. The molecule has 232 valence electrons. The van der Waals surface area contributed by atoms with Crippen molar-refractivity contribution >= 4 is 76.2 Å². The monoisotopic (exact) mass is 636 g/mol. The van der Waals surface area contributed by atoms with Crippen molar-refractivity contribution in [1.29, 1.82) is 0 Å². The molecule has 11 rings (SSSR count). The Morgan fingerprint density at radius 1 is 0.260 bits per heavy atom. The zero-order valence-corrected chi connectivity index (χ0v) is 27.0. The average Bonchev–Trinajstić information content (AvgIpc) is 3.76. The van der Waals surface area contributed by atoms with Crippen LogP contribution >= 0.6 is 0 Å². The zero-order chi connectivity index (χ0) is 32.8. The number of rotatable bonds is 3. The summed E-state index contributed by atoms with van der Waals surface area (Å²) in [5, 5.41) is 11.4. The predicted molar refractivity (Wildman–Crippen MR) is 210 cm³/mol. The molecule has 11 aromatic rings. The molecule has 0 bridgehead atoms. The van der Waals surface area contributed by atoms with E-state index in [2.05, 4.69) is 158 Å². The highest BCUT2D eigenvalue weighted by atomic mass is 16.3. The van der Waals surface area contributed by atoms with E-state index in [9.17, 15) is 0 Å². The van der Waals surface area contributed by atoms with Crippen LogP contribution < -0.4 is 0 Å². The van der Waals surface area contributed by atoms with Crippen LogP contribution in [0.15, 0.2) is 179 Å². The van der Waals surface area contributed by atoms with Gasteiger partial charge < -0.3 is 8.83 Å². The molecule has 2 heterocycles. The predicted octanol–water partition coefficient (Wildman–Crippen LogP) is 13.9. The van der Waals surface area contributed by atoms with Gasteiger partial charge in [0.15, 0.2) is 0 Å². The standard InChI is InChI=1S/C48H28O2/c1-2-13-29(14-3-1)30-15-12-16-31(27-30)43-33-17-4-6-19-35(33)44(36-20-7-5-18-34(36)43)32-25-26-40-42(28-32)50-48-38-22-9-8-21-37(38)47-45(46(40)48)39-23-10-11-24-41(39)49-47/h1-28H. The molecule has 50 heavy (non-hydrogen) atoms. The van der Waals surface area contributed by atoms with Gasteiger partial charge in [-0.15, -0.1) is 0 Å². The van der Waals surface area contributed by atoms with E-state index in [1.165, 1.54) is 49.4 Å². The second-order valence-electron chi connectivity index (χ2n) is 13.2. The number of para-hydroxylation sites is 1. The maximum Gasteiger partial charge on any atom is 0.144 e. The minimum Gasteiger partial charge on any atom is -0.455 e. The molecule has 0 spiro atoms. The fraction of sp³-hybridized carbons (Fsp3) is 0. The molecule has 0 atom stereocenters. The Morgan fingerprint density at radius 3 is 1.32 bits per heavy atom. The van der Waals surface area contributed by atoms with Gasteiger partial charge in [-0.2, -0.15) is 0 Å². The van der Waals surface area contributed by atoms with Gasteiger partial charge in [-0.05, 0) is 79.2 Å². The molecule has 0 aliphatic heterocycles. The molecule has 2 aromatic heterocycles. The van der Waals surface area contributed by atoms with Gasteiger partial charge >= 0.3 is 0 Å². The van der Waals surface area contributed by atoms with Gasteiger partial charge in [-0.1, -0.05) is 146 Å². The Balaban J connectivity index is 1.20. The molecule has 0 saturated heterocycles. The lowest BCUT2D eigenvalue weighted by Gasteiger charge is -2.18. The summed E-state index contributed by atoms with van der Waals surface area (Å²) in [4.78, 5) is 0. The molecule has 0 fully saturated rings. The van der Waals surface area contributed by atoms with Crippen LogP contribution in [-0.4, -0.2) is 0 Å². The summed E-state index contributed by atoms with van der Waals surface area (Å²) in [5.74, 6) is 0. The van der Waals surface area contributed by atoms with Gasteiger partial charge in [0.25, 0.3) is 0 Å². The molecular formula is C48H28O2. The molecule has 9 aromatic carbocycles.